The standard InChI is InChI=1S/C14H29NO3/c1-6-9-15-14(4,13(16)17-5)8-11-18-10-7-12(2)3/h12,15H,6-11H2,1-5H3. The predicted molar refractivity (Wildman–Crippen MR) is 73.6 cm³/mol. The molecule has 0 aromatic carbocycles. The van der Waals surface area contributed by atoms with Crippen LogP contribution in [0.3, 0.4) is 0 Å². The quantitative estimate of drug-likeness (QED) is 0.483. The highest BCUT2D eigenvalue weighted by Gasteiger charge is 2.33. The third kappa shape index (κ3) is 6.97. The van der Waals surface area contributed by atoms with Gasteiger partial charge in [0.05, 0.1) is 7.11 Å². The molecule has 0 aromatic rings. The Morgan fingerprint density at radius 3 is 2.50 bits per heavy atom. The van der Waals surface area contributed by atoms with Crippen LogP contribution in [0, 0.1) is 5.92 Å². The Hall–Kier alpha value is -0.610. The largest absolute Gasteiger partial charge is 0.468 e. The first-order chi connectivity index (χ1) is 8.46. The number of methoxy groups -OCH3 is 1. The second-order valence-corrected chi connectivity index (χ2v) is 5.30. The topological polar surface area (TPSA) is 47.6 Å². The van der Waals surface area contributed by atoms with Crippen LogP contribution in [-0.4, -0.2) is 38.4 Å². The predicted octanol–water partition coefficient (Wildman–Crippen LogP) is 2.37. The molecule has 0 bridgehead atoms. The van der Waals surface area contributed by atoms with Crippen LogP contribution in [0.2, 0.25) is 0 Å². The molecule has 0 aliphatic rings. The highest BCUT2D eigenvalue weighted by atomic mass is 16.5. The SMILES string of the molecule is CCCNC(C)(CCOCCC(C)C)C(=O)OC. The molecule has 0 fully saturated rings. The summed E-state index contributed by atoms with van der Waals surface area (Å²) in [6.45, 7) is 10.4. The summed E-state index contributed by atoms with van der Waals surface area (Å²) in [7, 11) is 1.42. The van der Waals surface area contributed by atoms with Crippen LogP contribution in [-0.2, 0) is 14.3 Å². The van der Waals surface area contributed by atoms with Crippen molar-refractivity contribution in [1.82, 2.24) is 5.32 Å². The Labute approximate surface area is 111 Å². The van der Waals surface area contributed by atoms with Crippen molar-refractivity contribution >= 4 is 5.97 Å². The highest BCUT2D eigenvalue weighted by Crippen LogP contribution is 2.12. The lowest BCUT2D eigenvalue weighted by atomic mass is 9.98. The van der Waals surface area contributed by atoms with Gasteiger partial charge in [-0.25, -0.2) is 0 Å². The van der Waals surface area contributed by atoms with Gasteiger partial charge in [-0.1, -0.05) is 20.8 Å². The summed E-state index contributed by atoms with van der Waals surface area (Å²) in [5.74, 6) is 0.429. The maximum atomic E-state index is 11.8. The molecule has 0 aliphatic carbocycles. The zero-order chi connectivity index (χ0) is 14.0. The molecule has 0 spiro atoms. The average Bonchev–Trinajstić information content (AvgIpc) is 2.34. The third-order valence-electron chi connectivity index (χ3n) is 2.99. The van der Waals surface area contributed by atoms with Crippen molar-refractivity contribution in [2.24, 2.45) is 5.92 Å². The molecule has 0 heterocycles. The third-order valence-corrected chi connectivity index (χ3v) is 2.99. The van der Waals surface area contributed by atoms with E-state index in [0.717, 1.165) is 26.0 Å². The van der Waals surface area contributed by atoms with E-state index < -0.39 is 5.54 Å². The fourth-order valence-electron chi connectivity index (χ4n) is 1.59. The molecule has 4 heteroatoms. The number of rotatable bonds is 10. The smallest absolute Gasteiger partial charge is 0.325 e. The molecule has 4 nitrogen and oxygen atoms in total. The van der Waals surface area contributed by atoms with Crippen molar-refractivity contribution in [3.8, 4) is 0 Å². The van der Waals surface area contributed by atoms with Crippen molar-refractivity contribution < 1.29 is 14.3 Å². The second kappa shape index (κ2) is 9.34. The zero-order valence-corrected chi connectivity index (χ0v) is 12.5. The number of hydrogen-bond donors (Lipinski definition) is 1. The minimum Gasteiger partial charge on any atom is -0.468 e. The van der Waals surface area contributed by atoms with E-state index in [1.54, 1.807) is 0 Å². The van der Waals surface area contributed by atoms with Gasteiger partial charge >= 0.3 is 5.97 Å². The van der Waals surface area contributed by atoms with Gasteiger partial charge in [0.25, 0.3) is 0 Å². The van der Waals surface area contributed by atoms with Crippen LogP contribution in [0.25, 0.3) is 0 Å². The summed E-state index contributed by atoms with van der Waals surface area (Å²) in [5.41, 5.74) is -0.636. The van der Waals surface area contributed by atoms with Crippen LogP contribution in [0.1, 0.15) is 47.0 Å². The average molecular weight is 259 g/mol. The number of esters is 1. The Kier molecular flexibility index (Phi) is 9.02. The normalized spacial score (nSPS) is 14.6. The van der Waals surface area contributed by atoms with Gasteiger partial charge in [0, 0.05) is 13.2 Å². The van der Waals surface area contributed by atoms with Gasteiger partial charge in [-0.05, 0) is 38.6 Å². The highest BCUT2D eigenvalue weighted by molar-refractivity contribution is 5.80. The van der Waals surface area contributed by atoms with Gasteiger partial charge in [-0.15, -0.1) is 0 Å². The van der Waals surface area contributed by atoms with E-state index in [4.69, 9.17) is 9.47 Å². The van der Waals surface area contributed by atoms with E-state index in [-0.39, 0.29) is 5.97 Å². The van der Waals surface area contributed by atoms with E-state index in [9.17, 15) is 4.79 Å². The molecule has 0 rings (SSSR count). The molecule has 0 saturated carbocycles. The lowest BCUT2D eigenvalue weighted by Crippen LogP contribution is -2.51. The van der Waals surface area contributed by atoms with Crippen molar-refractivity contribution in [1.29, 1.82) is 0 Å². The van der Waals surface area contributed by atoms with Crippen LogP contribution >= 0.6 is 0 Å². The fraction of sp³-hybridized carbons (Fsp3) is 0.929. The monoisotopic (exact) mass is 259 g/mol. The van der Waals surface area contributed by atoms with Crippen molar-refractivity contribution in [2.45, 2.75) is 52.5 Å². The Bertz CT molecular complexity index is 231. The molecule has 108 valence electrons. The van der Waals surface area contributed by atoms with Gasteiger partial charge in [0.1, 0.15) is 5.54 Å². The van der Waals surface area contributed by atoms with E-state index in [0.29, 0.717) is 18.9 Å². The zero-order valence-electron chi connectivity index (χ0n) is 12.5. The number of carbonyl (C=O) groups excluding carboxylic acids is 1. The maximum Gasteiger partial charge on any atom is 0.325 e. The van der Waals surface area contributed by atoms with Gasteiger partial charge < -0.3 is 14.8 Å². The van der Waals surface area contributed by atoms with Gasteiger partial charge in [-0.2, -0.15) is 0 Å². The first kappa shape index (κ1) is 17.4. The molecule has 0 saturated heterocycles. The summed E-state index contributed by atoms with van der Waals surface area (Å²) in [6.07, 6.45) is 2.68. The van der Waals surface area contributed by atoms with E-state index >= 15 is 0 Å². The summed E-state index contributed by atoms with van der Waals surface area (Å²) in [5, 5.41) is 3.24. The molecule has 1 N–H and O–H groups in total. The minimum absolute atomic E-state index is 0.219. The first-order valence-electron chi connectivity index (χ1n) is 6.87. The number of ether oxygens (including phenoxy) is 2. The van der Waals surface area contributed by atoms with Gasteiger partial charge in [0.2, 0.25) is 0 Å². The van der Waals surface area contributed by atoms with E-state index in [1.807, 2.05) is 6.92 Å². The molecule has 0 radical (unpaired) electrons. The van der Waals surface area contributed by atoms with Crippen molar-refractivity contribution in [3.63, 3.8) is 0 Å². The summed E-state index contributed by atoms with van der Waals surface area (Å²) >= 11 is 0. The second-order valence-electron chi connectivity index (χ2n) is 5.30. The van der Waals surface area contributed by atoms with E-state index in [2.05, 4.69) is 26.1 Å². The summed E-state index contributed by atoms with van der Waals surface area (Å²) in [6, 6.07) is 0. The minimum atomic E-state index is -0.636. The molecule has 1 atom stereocenters. The Balaban J connectivity index is 4.05. The molecule has 0 amide bonds. The van der Waals surface area contributed by atoms with Gasteiger partial charge in [0.15, 0.2) is 0 Å². The molecular weight excluding hydrogens is 230 g/mol. The number of hydrogen-bond acceptors (Lipinski definition) is 4. The fourth-order valence-corrected chi connectivity index (χ4v) is 1.59. The lowest BCUT2D eigenvalue weighted by molar-refractivity contribution is -0.148. The summed E-state index contributed by atoms with van der Waals surface area (Å²) < 4.78 is 10.4. The molecule has 1 unspecified atom stereocenters. The lowest BCUT2D eigenvalue weighted by Gasteiger charge is -2.27. The molecule has 0 aliphatic heterocycles. The number of nitrogens with one attached hydrogen (secondary N) is 1. The molecular formula is C14H29NO3. The van der Waals surface area contributed by atoms with Crippen LogP contribution in [0.15, 0.2) is 0 Å². The molecule has 18 heavy (non-hydrogen) atoms. The first-order valence-corrected chi connectivity index (χ1v) is 6.87. The maximum absolute atomic E-state index is 11.8. The van der Waals surface area contributed by atoms with Crippen LogP contribution in [0.5, 0.6) is 0 Å². The van der Waals surface area contributed by atoms with Gasteiger partial charge in [-0.3, -0.25) is 4.79 Å². The van der Waals surface area contributed by atoms with Crippen molar-refractivity contribution in [3.05, 3.63) is 0 Å². The van der Waals surface area contributed by atoms with Crippen LogP contribution in [0.4, 0.5) is 0 Å². The van der Waals surface area contributed by atoms with E-state index in [1.165, 1.54) is 7.11 Å². The Morgan fingerprint density at radius 2 is 2.00 bits per heavy atom. The number of carbonyl (C=O) groups is 1. The Morgan fingerprint density at radius 1 is 1.33 bits per heavy atom. The van der Waals surface area contributed by atoms with Crippen molar-refractivity contribution in [2.75, 3.05) is 26.9 Å². The molecule has 0 aromatic heterocycles. The summed E-state index contributed by atoms with van der Waals surface area (Å²) in [4.78, 5) is 11.8. The van der Waals surface area contributed by atoms with Crippen LogP contribution < -0.4 is 5.32 Å².